The second-order valence-electron chi connectivity index (χ2n) is 2.57. The van der Waals surface area contributed by atoms with E-state index >= 15 is 0 Å². The van der Waals surface area contributed by atoms with Crippen LogP contribution in [0, 0.1) is 0 Å². The monoisotopic (exact) mass is 175 g/mol. The third-order valence-corrected chi connectivity index (χ3v) is 2.13. The van der Waals surface area contributed by atoms with Gasteiger partial charge in [-0.3, -0.25) is 0 Å². The maximum Gasteiger partial charge on any atom is 0.233 e. The van der Waals surface area contributed by atoms with Crippen molar-refractivity contribution in [2.24, 2.45) is 5.14 Å². The van der Waals surface area contributed by atoms with E-state index in [-0.39, 0.29) is 4.91 Å². The average molecular weight is 175 g/mol. The van der Waals surface area contributed by atoms with Crippen molar-refractivity contribution >= 4 is 10.0 Å². The Kier molecular flexibility index (Phi) is 3.48. The molecule has 0 spiro atoms. The minimum absolute atomic E-state index is 0.179. The first-order chi connectivity index (χ1) is 4.84. The zero-order valence-electron chi connectivity index (χ0n) is 6.96. The number of nitrogens with two attached hydrogens (primary N) is 1. The lowest BCUT2D eigenvalue weighted by Gasteiger charge is -1.93. The molecule has 0 aliphatic rings. The molecular formula is C7H13NO2S. The molecule has 0 atom stereocenters. The van der Waals surface area contributed by atoms with Crippen LogP contribution < -0.4 is 5.14 Å². The molecule has 0 aromatic heterocycles. The highest BCUT2D eigenvalue weighted by Gasteiger charge is 2.02. The molecule has 3 nitrogen and oxygen atoms in total. The summed E-state index contributed by atoms with van der Waals surface area (Å²) in [6.07, 6.45) is 3.20. The Hall–Kier alpha value is -0.610. The summed E-state index contributed by atoms with van der Waals surface area (Å²) in [7, 11) is -3.48. The van der Waals surface area contributed by atoms with Crippen LogP contribution >= 0.6 is 0 Å². The zero-order chi connectivity index (χ0) is 9.07. The fraction of sp³-hybridized carbons (Fsp3) is 0.429. The van der Waals surface area contributed by atoms with E-state index in [2.05, 4.69) is 0 Å². The molecular weight excluding hydrogens is 162 g/mol. The van der Waals surface area contributed by atoms with Gasteiger partial charge >= 0.3 is 0 Å². The van der Waals surface area contributed by atoms with Crippen molar-refractivity contribution < 1.29 is 8.42 Å². The van der Waals surface area contributed by atoms with Crippen LogP contribution in [0.1, 0.15) is 20.8 Å². The average Bonchev–Trinajstić information content (AvgIpc) is 1.80. The van der Waals surface area contributed by atoms with Crippen molar-refractivity contribution in [3.63, 3.8) is 0 Å². The lowest BCUT2D eigenvalue weighted by Crippen LogP contribution is -2.12. The molecule has 64 valence electrons. The van der Waals surface area contributed by atoms with Crippen LogP contribution in [0.25, 0.3) is 0 Å². The predicted molar refractivity (Wildman–Crippen MR) is 46.3 cm³/mol. The second-order valence-corrected chi connectivity index (χ2v) is 4.30. The Balaban J connectivity index is 4.64. The van der Waals surface area contributed by atoms with E-state index in [0.717, 1.165) is 5.57 Å². The van der Waals surface area contributed by atoms with Crippen LogP contribution in [-0.4, -0.2) is 8.42 Å². The fourth-order valence-corrected chi connectivity index (χ4v) is 0.637. The standard InChI is InChI=1S/C7H13NO2S/c1-6(2)4-5-7(3)11(8,9)10/h4-5H,1-3H3,(H2,8,9,10)/b7-5+. The largest absolute Gasteiger partial charge is 0.233 e. The minimum atomic E-state index is -3.48. The number of hydrogen-bond acceptors (Lipinski definition) is 2. The Morgan fingerprint density at radius 1 is 1.18 bits per heavy atom. The molecule has 0 saturated carbocycles. The Morgan fingerprint density at radius 3 is 1.91 bits per heavy atom. The lowest BCUT2D eigenvalue weighted by atomic mass is 10.3. The highest BCUT2D eigenvalue weighted by molar-refractivity contribution is 7.93. The first-order valence-electron chi connectivity index (χ1n) is 3.18. The van der Waals surface area contributed by atoms with Gasteiger partial charge in [0.2, 0.25) is 10.0 Å². The molecule has 4 heteroatoms. The van der Waals surface area contributed by atoms with E-state index in [1.54, 1.807) is 6.08 Å². The molecule has 11 heavy (non-hydrogen) atoms. The number of allylic oxidation sites excluding steroid dienone is 4. The molecule has 0 bridgehead atoms. The van der Waals surface area contributed by atoms with Gasteiger partial charge < -0.3 is 0 Å². The first kappa shape index (κ1) is 10.4. The SMILES string of the molecule is CC(C)=C/C=C(\C)S(N)(=O)=O. The molecule has 0 heterocycles. The van der Waals surface area contributed by atoms with E-state index in [4.69, 9.17) is 5.14 Å². The van der Waals surface area contributed by atoms with Gasteiger partial charge in [-0.1, -0.05) is 11.6 Å². The number of sulfonamides is 1. The molecule has 0 aromatic carbocycles. The molecule has 0 aliphatic carbocycles. The second kappa shape index (κ2) is 3.69. The number of rotatable bonds is 2. The summed E-state index contributed by atoms with van der Waals surface area (Å²) in [5, 5.41) is 4.84. The van der Waals surface area contributed by atoms with Gasteiger partial charge in [0.05, 0.1) is 4.91 Å². The highest BCUT2D eigenvalue weighted by Crippen LogP contribution is 2.00. The van der Waals surface area contributed by atoms with E-state index in [1.807, 2.05) is 13.8 Å². The molecule has 0 saturated heterocycles. The Labute approximate surface area is 67.7 Å². The van der Waals surface area contributed by atoms with E-state index in [1.165, 1.54) is 13.0 Å². The van der Waals surface area contributed by atoms with E-state index in [0.29, 0.717) is 0 Å². The lowest BCUT2D eigenvalue weighted by molar-refractivity contribution is 0.603. The van der Waals surface area contributed by atoms with Crippen molar-refractivity contribution in [2.75, 3.05) is 0 Å². The first-order valence-corrected chi connectivity index (χ1v) is 4.73. The summed E-state index contributed by atoms with van der Waals surface area (Å²) in [5.74, 6) is 0. The molecule has 0 radical (unpaired) electrons. The van der Waals surface area contributed by atoms with Crippen LogP contribution in [-0.2, 0) is 10.0 Å². The summed E-state index contributed by atoms with van der Waals surface area (Å²) in [5.41, 5.74) is 1.04. The van der Waals surface area contributed by atoms with Gasteiger partial charge in [0.25, 0.3) is 0 Å². The van der Waals surface area contributed by atoms with Crippen molar-refractivity contribution in [1.82, 2.24) is 0 Å². The van der Waals surface area contributed by atoms with Gasteiger partial charge in [0.1, 0.15) is 0 Å². The molecule has 0 fully saturated rings. The van der Waals surface area contributed by atoms with Gasteiger partial charge in [-0.25, -0.2) is 13.6 Å². The normalized spacial score (nSPS) is 12.9. The van der Waals surface area contributed by atoms with Crippen molar-refractivity contribution in [2.45, 2.75) is 20.8 Å². The molecule has 0 rings (SSSR count). The van der Waals surface area contributed by atoms with Gasteiger partial charge in [0, 0.05) is 0 Å². The van der Waals surface area contributed by atoms with E-state index < -0.39 is 10.0 Å². The third kappa shape index (κ3) is 4.75. The van der Waals surface area contributed by atoms with Crippen molar-refractivity contribution in [3.05, 3.63) is 22.6 Å². The Morgan fingerprint density at radius 2 is 1.64 bits per heavy atom. The third-order valence-electron chi connectivity index (χ3n) is 1.10. The summed E-state index contributed by atoms with van der Waals surface area (Å²) >= 11 is 0. The molecule has 0 amide bonds. The predicted octanol–water partition coefficient (Wildman–Crippen LogP) is 1.14. The van der Waals surface area contributed by atoms with Crippen LogP contribution in [0.2, 0.25) is 0 Å². The van der Waals surface area contributed by atoms with Crippen LogP contribution in [0.4, 0.5) is 0 Å². The Bertz CT molecular complexity index is 282. The topological polar surface area (TPSA) is 60.2 Å². The summed E-state index contributed by atoms with van der Waals surface area (Å²) in [6.45, 7) is 5.23. The van der Waals surface area contributed by atoms with Crippen LogP contribution in [0.3, 0.4) is 0 Å². The maximum absolute atomic E-state index is 10.6. The number of hydrogen-bond donors (Lipinski definition) is 1. The van der Waals surface area contributed by atoms with Gasteiger partial charge in [-0.2, -0.15) is 0 Å². The van der Waals surface area contributed by atoms with Crippen molar-refractivity contribution in [3.8, 4) is 0 Å². The highest BCUT2D eigenvalue weighted by atomic mass is 32.2. The van der Waals surface area contributed by atoms with Gasteiger partial charge in [-0.05, 0) is 26.8 Å². The van der Waals surface area contributed by atoms with Gasteiger partial charge in [0.15, 0.2) is 0 Å². The zero-order valence-corrected chi connectivity index (χ0v) is 7.77. The van der Waals surface area contributed by atoms with E-state index in [9.17, 15) is 8.42 Å². The summed E-state index contributed by atoms with van der Waals surface area (Å²) < 4.78 is 21.2. The molecule has 0 unspecified atom stereocenters. The van der Waals surface area contributed by atoms with Crippen LogP contribution in [0.15, 0.2) is 22.6 Å². The molecule has 0 aliphatic heterocycles. The summed E-state index contributed by atoms with van der Waals surface area (Å²) in [6, 6.07) is 0. The van der Waals surface area contributed by atoms with Crippen molar-refractivity contribution in [1.29, 1.82) is 0 Å². The summed E-state index contributed by atoms with van der Waals surface area (Å²) in [4.78, 5) is 0.179. The fourth-order valence-electron chi connectivity index (χ4n) is 0.379. The van der Waals surface area contributed by atoms with Crippen LogP contribution in [0.5, 0.6) is 0 Å². The quantitative estimate of drug-likeness (QED) is 0.640. The minimum Gasteiger partial charge on any atom is -0.225 e. The maximum atomic E-state index is 10.6. The number of primary sulfonamides is 1. The smallest absolute Gasteiger partial charge is 0.225 e. The molecule has 2 N–H and O–H groups in total. The molecule has 0 aromatic rings. The van der Waals surface area contributed by atoms with Gasteiger partial charge in [-0.15, -0.1) is 0 Å².